The smallest absolute Gasteiger partial charge is 0.290 e. The average molecular weight is 225 g/mol. The highest BCUT2D eigenvalue weighted by molar-refractivity contribution is 6.37. The van der Waals surface area contributed by atoms with Gasteiger partial charge in [0.05, 0.1) is 0 Å². The molecule has 0 aromatic rings. The Morgan fingerprint density at radius 2 is 1.81 bits per heavy atom. The van der Waals surface area contributed by atoms with Crippen LogP contribution in [0.25, 0.3) is 0 Å². The minimum Gasteiger partial charge on any atom is -0.336 e. The minimum absolute atomic E-state index is 0.209. The fourth-order valence-corrected chi connectivity index (χ4v) is 2.04. The third-order valence-corrected chi connectivity index (χ3v) is 3.09. The molecule has 0 aromatic heterocycles. The predicted octanol–water partition coefficient (Wildman–Crippen LogP) is 2.39. The largest absolute Gasteiger partial charge is 0.336 e. The summed E-state index contributed by atoms with van der Waals surface area (Å²) in [6.07, 6.45) is 6.45. The third kappa shape index (κ3) is 4.33. The van der Waals surface area contributed by atoms with E-state index in [-0.39, 0.29) is 11.7 Å². The lowest BCUT2D eigenvalue weighted by atomic mass is 10.0. The van der Waals surface area contributed by atoms with E-state index in [1.807, 2.05) is 0 Å². The van der Waals surface area contributed by atoms with Crippen LogP contribution in [0.2, 0.25) is 0 Å². The van der Waals surface area contributed by atoms with Gasteiger partial charge in [0.2, 0.25) is 5.78 Å². The zero-order chi connectivity index (χ0) is 12.0. The Kier molecular flexibility index (Phi) is 5.50. The van der Waals surface area contributed by atoms with Crippen molar-refractivity contribution in [1.82, 2.24) is 4.90 Å². The van der Waals surface area contributed by atoms with Crippen LogP contribution in [0.3, 0.4) is 0 Å². The van der Waals surface area contributed by atoms with Crippen LogP contribution in [0.1, 0.15) is 52.4 Å². The molecular formula is C13H23NO2. The first-order valence-corrected chi connectivity index (χ1v) is 6.43. The lowest BCUT2D eigenvalue weighted by Crippen LogP contribution is -2.28. The highest BCUT2D eigenvalue weighted by Gasteiger charge is 2.28. The molecule has 0 atom stereocenters. The molecule has 0 spiro atoms. The van der Waals surface area contributed by atoms with Crippen LogP contribution in [0.5, 0.6) is 0 Å². The van der Waals surface area contributed by atoms with E-state index in [0.29, 0.717) is 13.0 Å². The fraction of sp³-hybridized carbons (Fsp3) is 0.846. The third-order valence-electron chi connectivity index (χ3n) is 3.09. The Bertz CT molecular complexity index is 248. The Balaban J connectivity index is 1.99. The molecule has 0 unspecified atom stereocenters. The lowest BCUT2D eigenvalue weighted by Gasteiger charge is -2.13. The van der Waals surface area contributed by atoms with Crippen LogP contribution in [0, 0.1) is 5.92 Å². The van der Waals surface area contributed by atoms with Gasteiger partial charge in [-0.1, -0.05) is 39.5 Å². The second-order valence-electron chi connectivity index (χ2n) is 5.06. The van der Waals surface area contributed by atoms with Gasteiger partial charge in [-0.3, -0.25) is 9.59 Å². The van der Waals surface area contributed by atoms with Crippen molar-refractivity contribution in [3.8, 4) is 0 Å². The molecule has 16 heavy (non-hydrogen) atoms. The molecule has 1 aliphatic heterocycles. The van der Waals surface area contributed by atoms with Gasteiger partial charge in [0.15, 0.2) is 0 Å². The number of hydrogen-bond donors (Lipinski definition) is 0. The zero-order valence-electron chi connectivity index (χ0n) is 10.5. The molecular weight excluding hydrogens is 202 g/mol. The van der Waals surface area contributed by atoms with Gasteiger partial charge >= 0.3 is 0 Å². The van der Waals surface area contributed by atoms with E-state index >= 15 is 0 Å². The number of nitrogens with zero attached hydrogens (tertiary/aromatic N) is 1. The molecule has 3 nitrogen and oxygen atoms in total. The number of carbonyl (C=O) groups excluding carboxylic acids is 2. The monoisotopic (exact) mass is 225 g/mol. The van der Waals surface area contributed by atoms with Crippen LogP contribution in [-0.2, 0) is 9.59 Å². The second kappa shape index (κ2) is 6.66. The Morgan fingerprint density at radius 3 is 2.38 bits per heavy atom. The van der Waals surface area contributed by atoms with Crippen molar-refractivity contribution in [3.63, 3.8) is 0 Å². The quantitative estimate of drug-likeness (QED) is 0.493. The van der Waals surface area contributed by atoms with Gasteiger partial charge in [-0.25, -0.2) is 0 Å². The SMILES string of the molecule is CC(C)CCCCCCN1CCC(=O)C1=O. The molecule has 1 fully saturated rings. The van der Waals surface area contributed by atoms with E-state index in [2.05, 4.69) is 13.8 Å². The Morgan fingerprint density at radius 1 is 1.12 bits per heavy atom. The number of ketones is 1. The van der Waals surface area contributed by atoms with Crippen LogP contribution in [0.15, 0.2) is 0 Å². The molecule has 0 aromatic carbocycles. The van der Waals surface area contributed by atoms with Crippen molar-refractivity contribution in [1.29, 1.82) is 0 Å². The van der Waals surface area contributed by atoms with Crippen LogP contribution < -0.4 is 0 Å². The van der Waals surface area contributed by atoms with Gasteiger partial charge < -0.3 is 4.90 Å². The van der Waals surface area contributed by atoms with Crippen molar-refractivity contribution in [3.05, 3.63) is 0 Å². The fourth-order valence-electron chi connectivity index (χ4n) is 2.04. The highest BCUT2D eigenvalue weighted by atomic mass is 16.2. The van der Waals surface area contributed by atoms with Crippen LogP contribution in [0.4, 0.5) is 0 Å². The molecule has 0 saturated carbocycles. The van der Waals surface area contributed by atoms with Crippen molar-refractivity contribution in [2.75, 3.05) is 13.1 Å². The van der Waals surface area contributed by atoms with E-state index < -0.39 is 0 Å². The van der Waals surface area contributed by atoms with Crippen molar-refractivity contribution in [2.24, 2.45) is 5.92 Å². The summed E-state index contributed by atoms with van der Waals surface area (Å²) in [7, 11) is 0. The molecule has 1 amide bonds. The Labute approximate surface area is 98.2 Å². The van der Waals surface area contributed by atoms with E-state index in [4.69, 9.17) is 0 Å². The topological polar surface area (TPSA) is 37.4 Å². The maximum absolute atomic E-state index is 11.3. The summed E-state index contributed by atoms with van der Waals surface area (Å²) >= 11 is 0. The summed E-state index contributed by atoms with van der Waals surface area (Å²) in [5.41, 5.74) is 0. The molecule has 1 heterocycles. The molecule has 0 N–H and O–H groups in total. The number of hydrogen-bond acceptors (Lipinski definition) is 2. The summed E-state index contributed by atoms with van der Waals surface area (Å²) < 4.78 is 0. The summed E-state index contributed by atoms with van der Waals surface area (Å²) in [4.78, 5) is 24.0. The number of likely N-dealkylation sites (tertiary alicyclic amines) is 1. The zero-order valence-corrected chi connectivity index (χ0v) is 10.5. The van der Waals surface area contributed by atoms with E-state index in [1.54, 1.807) is 4.90 Å². The molecule has 3 heteroatoms. The van der Waals surface area contributed by atoms with Crippen LogP contribution >= 0.6 is 0 Å². The standard InChI is InChI=1S/C13H23NO2/c1-11(2)7-5-3-4-6-9-14-10-8-12(15)13(14)16/h11H,3-10H2,1-2H3. The number of amides is 1. The van der Waals surface area contributed by atoms with Gasteiger partial charge in [-0.2, -0.15) is 0 Å². The van der Waals surface area contributed by atoms with Gasteiger partial charge in [-0.15, -0.1) is 0 Å². The summed E-state index contributed by atoms with van der Waals surface area (Å²) in [6, 6.07) is 0. The first-order chi connectivity index (χ1) is 7.61. The summed E-state index contributed by atoms with van der Waals surface area (Å²) in [5, 5.41) is 0. The Hall–Kier alpha value is -0.860. The minimum atomic E-state index is -0.262. The molecule has 0 radical (unpaired) electrons. The van der Waals surface area contributed by atoms with Gasteiger partial charge in [0, 0.05) is 19.5 Å². The first kappa shape index (κ1) is 13.2. The van der Waals surface area contributed by atoms with E-state index in [9.17, 15) is 9.59 Å². The summed E-state index contributed by atoms with van der Waals surface area (Å²) in [6.45, 7) is 5.90. The first-order valence-electron chi connectivity index (χ1n) is 6.43. The molecule has 1 rings (SSSR count). The number of carbonyl (C=O) groups is 2. The maximum Gasteiger partial charge on any atom is 0.290 e. The molecule has 1 aliphatic rings. The van der Waals surface area contributed by atoms with Gasteiger partial charge in [-0.05, 0) is 12.3 Å². The second-order valence-corrected chi connectivity index (χ2v) is 5.06. The highest BCUT2D eigenvalue weighted by Crippen LogP contribution is 2.12. The van der Waals surface area contributed by atoms with E-state index in [1.165, 1.54) is 25.7 Å². The van der Waals surface area contributed by atoms with Crippen LogP contribution in [-0.4, -0.2) is 29.7 Å². The average Bonchev–Trinajstić information content (AvgIpc) is 2.54. The number of unbranched alkanes of at least 4 members (excludes halogenated alkanes) is 3. The maximum atomic E-state index is 11.3. The molecule has 92 valence electrons. The van der Waals surface area contributed by atoms with Gasteiger partial charge in [0.25, 0.3) is 5.91 Å². The molecule has 1 saturated heterocycles. The van der Waals surface area contributed by atoms with Crippen molar-refractivity contribution < 1.29 is 9.59 Å². The predicted molar refractivity (Wildman–Crippen MR) is 64.1 cm³/mol. The van der Waals surface area contributed by atoms with Gasteiger partial charge in [0.1, 0.15) is 0 Å². The van der Waals surface area contributed by atoms with E-state index in [0.717, 1.165) is 18.9 Å². The summed E-state index contributed by atoms with van der Waals surface area (Å²) in [5.74, 6) is 0.319. The molecule has 0 aliphatic carbocycles. The van der Waals surface area contributed by atoms with Crippen molar-refractivity contribution >= 4 is 11.7 Å². The normalized spacial score (nSPS) is 16.6. The lowest BCUT2D eigenvalue weighted by molar-refractivity contribution is -0.140. The number of Topliss-reactive ketones (excluding diaryl/α,β-unsaturated/α-hetero) is 1. The van der Waals surface area contributed by atoms with Crippen molar-refractivity contribution in [2.45, 2.75) is 52.4 Å². The number of rotatable bonds is 7. The molecule has 0 bridgehead atoms.